The van der Waals surface area contributed by atoms with Crippen LogP contribution in [0.15, 0.2) is 36.4 Å². The van der Waals surface area contributed by atoms with E-state index in [9.17, 15) is 18.0 Å². The molecule has 0 saturated heterocycles. The molecule has 0 amide bonds. The Labute approximate surface area is 140 Å². The number of alkyl halides is 3. The van der Waals surface area contributed by atoms with Crippen LogP contribution in [0.25, 0.3) is 10.9 Å². The third-order valence-corrected chi connectivity index (χ3v) is 4.03. The minimum atomic E-state index is -4.50. The number of nitrogens with zero attached hydrogens (tertiary/aromatic N) is 2. The van der Waals surface area contributed by atoms with Crippen molar-refractivity contribution in [1.29, 1.82) is 0 Å². The fraction of sp³-hybridized carbons (Fsp3) is 0.176. The van der Waals surface area contributed by atoms with Crippen molar-refractivity contribution in [3.63, 3.8) is 0 Å². The molecular formula is C17H12ClF3N2O. The first-order valence-corrected chi connectivity index (χ1v) is 7.45. The molecule has 1 aromatic heterocycles. The Bertz CT molecular complexity index is 931. The molecule has 124 valence electrons. The molecule has 0 spiro atoms. The van der Waals surface area contributed by atoms with Crippen LogP contribution in [0.4, 0.5) is 13.2 Å². The fourth-order valence-corrected chi connectivity index (χ4v) is 2.84. The maximum atomic E-state index is 13.2. The molecule has 0 aliphatic heterocycles. The van der Waals surface area contributed by atoms with Gasteiger partial charge in [0.25, 0.3) is 0 Å². The van der Waals surface area contributed by atoms with Crippen LogP contribution in [0.1, 0.15) is 27.2 Å². The highest BCUT2D eigenvalue weighted by molar-refractivity contribution is 6.30. The zero-order valence-corrected chi connectivity index (χ0v) is 13.3. The zero-order valence-electron chi connectivity index (χ0n) is 12.6. The average molecular weight is 353 g/mol. The van der Waals surface area contributed by atoms with Crippen LogP contribution in [0.5, 0.6) is 0 Å². The summed E-state index contributed by atoms with van der Waals surface area (Å²) in [4.78, 5) is 10.9. The quantitative estimate of drug-likeness (QED) is 0.630. The van der Waals surface area contributed by atoms with Crippen LogP contribution < -0.4 is 0 Å². The molecule has 24 heavy (non-hydrogen) atoms. The molecule has 3 rings (SSSR count). The molecular weight excluding hydrogens is 341 g/mol. The summed E-state index contributed by atoms with van der Waals surface area (Å²) >= 11 is 5.70. The summed E-state index contributed by atoms with van der Waals surface area (Å²) in [6.07, 6.45) is -3.78. The topological polar surface area (TPSA) is 34.9 Å². The number of halogens is 4. The lowest BCUT2D eigenvalue weighted by molar-refractivity contribution is -0.138. The van der Waals surface area contributed by atoms with E-state index in [2.05, 4.69) is 5.10 Å². The van der Waals surface area contributed by atoms with E-state index in [1.807, 2.05) is 0 Å². The van der Waals surface area contributed by atoms with Crippen molar-refractivity contribution in [2.45, 2.75) is 19.6 Å². The molecule has 0 aliphatic carbocycles. The second kappa shape index (κ2) is 5.94. The van der Waals surface area contributed by atoms with Gasteiger partial charge in [-0.15, -0.1) is 0 Å². The van der Waals surface area contributed by atoms with E-state index in [1.165, 1.54) is 16.8 Å². The number of benzene rings is 2. The number of hydrogen-bond donors (Lipinski definition) is 0. The first kappa shape index (κ1) is 16.5. The van der Waals surface area contributed by atoms with Crippen molar-refractivity contribution in [1.82, 2.24) is 9.78 Å². The Balaban J connectivity index is 2.10. The molecule has 0 saturated carbocycles. The number of fused-ring (bicyclic) bond motifs is 1. The minimum absolute atomic E-state index is 0.0307. The van der Waals surface area contributed by atoms with Crippen LogP contribution in [-0.2, 0) is 12.7 Å². The van der Waals surface area contributed by atoms with Crippen molar-refractivity contribution in [2.75, 3.05) is 0 Å². The van der Waals surface area contributed by atoms with Gasteiger partial charge in [-0.25, -0.2) is 0 Å². The van der Waals surface area contributed by atoms with E-state index < -0.39 is 11.7 Å². The Kier molecular flexibility index (Phi) is 4.09. The second-order valence-electron chi connectivity index (χ2n) is 5.44. The number of aryl methyl sites for hydroxylation is 1. The van der Waals surface area contributed by atoms with Crippen LogP contribution in [-0.4, -0.2) is 16.1 Å². The highest BCUT2D eigenvalue weighted by Crippen LogP contribution is 2.34. The van der Waals surface area contributed by atoms with Crippen LogP contribution in [0, 0.1) is 6.92 Å². The van der Waals surface area contributed by atoms with E-state index in [0.717, 1.165) is 17.7 Å². The molecule has 0 radical (unpaired) electrons. The molecule has 0 unspecified atom stereocenters. The molecule has 1 heterocycles. The van der Waals surface area contributed by atoms with Gasteiger partial charge in [-0.2, -0.15) is 18.3 Å². The summed E-state index contributed by atoms with van der Waals surface area (Å²) in [6, 6.07) is 8.67. The van der Waals surface area contributed by atoms with Gasteiger partial charge >= 0.3 is 6.18 Å². The lowest BCUT2D eigenvalue weighted by Gasteiger charge is -2.14. The first-order chi connectivity index (χ1) is 11.3. The standard InChI is InChI=1S/C17H12ClF3N2O/c1-10-14-6-11(9-24)2-5-16(14)23(22-10)8-12-3-4-13(18)7-15(12)17(19,20)21/h2-7,9H,8H2,1H3. The first-order valence-electron chi connectivity index (χ1n) is 7.07. The number of hydrogen-bond acceptors (Lipinski definition) is 2. The predicted molar refractivity (Wildman–Crippen MR) is 85.4 cm³/mol. The maximum Gasteiger partial charge on any atom is 0.416 e. The molecule has 7 heteroatoms. The zero-order chi connectivity index (χ0) is 17.5. The number of carbonyl (C=O) groups is 1. The van der Waals surface area contributed by atoms with Crippen LogP contribution in [0.2, 0.25) is 5.02 Å². The summed E-state index contributed by atoms with van der Waals surface area (Å²) in [6.45, 7) is 1.71. The van der Waals surface area contributed by atoms with Crippen molar-refractivity contribution in [2.24, 2.45) is 0 Å². The van der Waals surface area contributed by atoms with Gasteiger partial charge < -0.3 is 0 Å². The van der Waals surface area contributed by atoms with Gasteiger partial charge in [-0.05, 0) is 42.8 Å². The smallest absolute Gasteiger partial charge is 0.298 e. The van der Waals surface area contributed by atoms with Gasteiger partial charge in [0, 0.05) is 16.0 Å². The van der Waals surface area contributed by atoms with Crippen molar-refractivity contribution in [3.8, 4) is 0 Å². The summed E-state index contributed by atoms with van der Waals surface area (Å²) in [5.41, 5.74) is 1.11. The summed E-state index contributed by atoms with van der Waals surface area (Å²) in [5, 5.41) is 5.08. The van der Waals surface area contributed by atoms with Crippen molar-refractivity contribution < 1.29 is 18.0 Å². The summed E-state index contributed by atoms with van der Waals surface area (Å²) in [5.74, 6) is 0. The monoisotopic (exact) mass is 352 g/mol. The molecule has 3 nitrogen and oxygen atoms in total. The average Bonchev–Trinajstić information content (AvgIpc) is 2.83. The van der Waals surface area contributed by atoms with Crippen LogP contribution >= 0.6 is 11.6 Å². The Morgan fingerprint density at radius 2 is 1.96 bits per heavy atom. The molecule has 0 aliphatic rings. The Morgan fingerprint density at radius 1 is 1.21 bits per heavy atom. The Hall–Kier alpha value is -2.34. The van der Waals surface area contributed by atoms with Gasteiger partial charge in [-0.3, -0.25) is 9.48 Å². The highest BCUT2D eigenvalue weighted by Gasteiger charge is 2.33. The van der Waals surface area contributed by atoms with E-state index in [4.69, 9.17) is 11.6 Å². The highest BCUT2D eigenvalue weighted by atomic mass is 35.5. The molecule has 2 aromatic carbocycles. The second-order valence-corrected chi connectivity index (χ2v) is 5.87. The lowest BCUT2D eigenvalue weighted by atomic mass is 10.1. The lowest BCUT2D eigenvalue weighted by Crippen LogP contribution is -2.12. The van der Waals surface area contributed by atoms with Gasteiger partial charge in [0.1, 0.15) is 6.29 Å². The summed E-state index contributed by atoms with van der Waals surface area (Å²) in [7, 11) is 0. The summed E-state index contributed by atoms with van der Waals surface area (Å²) < 4.78 is 41.2. The molecule has 3 aromatic rings. The van der Waals surface area contributed by atoms with Crippen molar-refractivity contribution >= 4 is 28.8 Å². The van der Waals surface area contributed by atoms with Crippen molar-refractivity contribution in [3.05, 3.63) is 63.8 Å². The SMILES string of the molecule is Cc1nn(Cc2ccc(Cl)cc2C(F)(F)F)c2ccc(C=O)cc12. The van der Waals surface area contributed by atoms with Crippen LogP contribution in [0.3, 0.4) is 0 Å². The maximum absolute atomic E-state index is 13.2. The van der Waals surface area contributed by atoms with E-state index in [0.29, 0.717) is 16.8 Å². The van der Waals surface area contributed by atoms with E-state index >= 15 is 0 Å². The molecule has 0 bridgehead atoms. The van der Waals surface area contributed by atoms with E-state index in [-0.39, 0.29) is 17.1 Å². The molecule has 0 atom stereocenters. The van der Waals surface area contributed by atoms with Gasteiger partial charge in [0.05, 0.1) is 23.3 Å². The third-order valence-electron chi connectivity index (χ3n) is 3.79. The number of rotatable bonds is 3. The van der Waals surface area contributed by atoms with E-state index in [1.54, 1.807) is 25.1 Å². The van der Waals surface area contributed by atoms with Gasteiger partial charge in [0.2, 0.25) is 0 Å². The van der Waals surface area contributed by atoms with Gasteiger partial charge in [-0.1, -0.05) is 17.7 Å². The number of aromatic nitrogens is 2. The minimum Gasteiger partial charge on any atom is -0.298 e. The van der Waals surface area contributed by atoms with Gasteiger partial charge in [0.15, 0.2) is 0 Å². The normalized spacial score (nSPS) is 11.9. The molecule has 0 N–H and O–H groups in total. The Morgan fingerprint density at radius 3 is 2.62 bits per heavy atom. The predicted octanol–water partition coefficient (Wildman–Crippen LogP) is 4.88. The fourth-order valence-electron chi connectivity index (χ4n) is 2.66. The number of aldehydes is 1. The largest absolute Gasteiger partial charge is 0.416 e. The number of carbonyl (C=O) groups excluding carboxylic acids is 1. The molecule has 0 fully saturated rings. The third kappa shape index (κ3) is 3.01.